The summed E-state index contributed by atoms with van der Waals surface area (Å²) in [6.45, 7) is 6.62. The van der Waals surface area contributed by atoms with Crippen molar-refractivity contribution in [1.82, 2.24) is 20.4 Å². The lowest BCUT2D eigenvalue weighted by Gasteiger charge is -2.34. The number of aromatic nitrogens is 3. The average molecular weight is 353 g/mol. The first kappa shape index (κ1) is 16.9. The fourth-order valence-electron chi connectivity index (χ4n) is 4.53. The van der Waals surface area contributed by atoms with Crippen molar-refractivity contribution in [2.75, 3.05) is 0 Å². The number of hydrazone groups is 1. The number of fused-ring (bicyclic) bond motifs is 3. The van der Waals surface area contributed by atoms with E-state index in [0.29, 0.717) is 16.8 Å². The second-order valence-electron chi connectivity index (χ2n) is 8.16. The monoisotopic (exact) mass is 353 g/mol. The minimum Gasteiger partial charge on any atom is -0.271 e. The van der Waals surface area contributed by atoms with E-state index in [-0.39, 0.29) is 28.8 Å². The van der Waals surface area contributed by atoms with E-state index >= 15 is 0 Å². The molecule has 1 N–H and O–H groups in total. The summed E-state index contributed by atoms with van der Waals surface area (Å²) in [7, 11) is 0. The number of nitrogens with zero attached hydrogens (tertiary/aromatic N) is 4. The van der Waals surface area contributed by atoms with E-state index in [1.165, 1.54) is 6.42 Å². The first-order valence-corrected chi connectivity index (χ1v) is 9.01. The molecular weight excluding hydrogens is 330 g/mol. The highest BCUT2D eigenvalue weighted by Gasteiger charge is 2.60. The van der Waals surface area contributed by atoms with Gasteiger partial charge in [0.25, 0.3) is 11.5 Å². The molecule has 136 valence electrons. The summed E-state index contributed by atoms with van der Waals surface area (Å²) in [5.74, 6) is 0.255. The third-order valence-corrected chi connectivity index (χ3v) is 6.75. The Labute approximate surface area is 151 Å². The van der Waals surface area contributed by atoms with Crippen molar-refractivity contribution in [3.8, 4) is 0 Å². The van der Waals surface area contributed by atoms with Gasteiger partial charge in [-0.25, -0.2) is 10.1 Å². The Balaban J connectivity index is 1.51. The molecular formula is C19H23N5O2. The zero-order valence-corrected chi connectivity index (χ0v) is 15.3. The summed E-state index contributed by atoms with van der Waals surface area (Å²) in [6.07, 6.45) is 3.26. The fraction of sp³-hybridized carbons (Fsp3) is 0.526. The highest BCUT2D eigenvalue weighted by atomic mass is 16.2. The van der Waals surface area contributed by atoms with Gasteiger partial charge in [-0.3, -0.25) is 9.59 Å². The highest BCUT2D eigenvalue weighted by Crippen LogP contribution is 2.63. The van der Waals surface area contributed by atoms with E-state index in [1.54, 1.807) is 24.3 Å². The summed E-state index contributed by atoms with van der Waals surface area (Å²) in [4.78, 5) is 24.7. The normalized spacial score (nSPS) is 28.0. The molecule has 2 aromatic rings. The smallest absolute Gasteiger partial charge is 0.271 e. The largest absolute Gasteiger partial charge is 0.278 e. The summed E-state index contributed by atoms with van der Waals surface area (Å²) in [5.41, 5.74) is 4.11. The number of hydrogen-bond donors (Lipinski definition) is 1. The van der Waals surface area contributed by atoms with Crippen LogP contribution in [0.25, 0.3) is 10.9 Å². The molecule has 1 heterocycles. The molecule has 0 saturated heterocycles. The van der Waals surface area contributed by atoms with Crippen LogP contribution in [-0.4, -0.2) is 26.6 Å². The van der Waals surface area contributed by atoms with Crippen LogP contribution in [0.2, 0.25) is 0 Å². The Kier molecular flexibility index (Phi) is 3.71. The van der Waals surface area contributed by atoms with E-state index in [4.69, 9.17) is 0 Å². The molecule has 2 fully saturated rings. The lowest BCUT2D eigenvalue weighted by Crippen LogP contribution is -2.36. The SMILES string of the molecule is CC12CCC(C/C1=N\NC(=O)Cn1nnc3ccccc3c1=O)C2(C)C. The van der Waals surface area contributed by atoms with Gasteiger partial charge in [-0.05, 0) is 42.7 Å². The number of nitrogens with one attached hydrogen (secondary N) is 1. The Morgan fingerprint density at radius 3 is 2.81 bits per heavy atom. The molecule has 1 amide bonds. The lowest BCUT2D eigenvalue weighted by molar-refractivity contribution is -0.121. The predicted molar refractivity (Wildman–Crippen MR) is 98.6 cm³/mol. The Hall–Kier alpha value is -2.57. The van der Waals surface area contributed by atoms with Gasteiger partial charge in [-0.15, -0.1) is 5.10 Å². The predicted octanol–water partition coefficient (Wildman–Crippen LogP) is 2.11. The van der Waals surface area contributed by atoms with Crippen LogP contribution < -0.4 is 11.0 Å². The third kappa shape index (κ3) is 2.37. The number of carbonyl (C=O) groups is 1. The number of benzene rings is 1. The van der Waals surface area contributed by atoms with Gasteiger partial charge in [0, 0.05) is 11.1 Å². The second-order valence-corrected chi connectivity index (χ2v) is 8.16. The van der Waals surface area contributed by atoms with Crippen molar-refractivity contribution in [2.45, 2.75) is 46.6 Å². The summed E-state index contributed by atoms with van der Waals surface area (Å²) >= 11 is 0. The molecule has 0 aliphatic heterocycles. The van der Waals surface area contributed by atoms with Crippen molar-refractivity contribution in [3.05, 3.63) is 34.6 Å². The molecule has 2 atom stereocenters. The summed E-state index contributed by atoms with van der Waals surface area (Å²) in [5, 5.41) is 12.7. The maximum Gasteiger partial charge on any atom is 0.278 e. The number of carbonyl (C=O) groups excluding carboxylic acids is 1. The lowest BCUT2D eigenvalue weighted by atomic mass is 9.70. The molecule has 2 saturated carbocycles. The van der Waals surface area contributed by atoms with Crippen molar-refractivity contribution in [2.24, 2.45) is 21.8 Å². The van der Waals surface area contributed by atoms with Gasteiger partial charge in [0.1, 0.15) is 12.1 Å². The van der Waals surface area contributed by atoms with E-state index in [9.17, 15) is 9.59 Å². The van der Waals surface area contributed by atoms with Gasteiger partial charge in [0.05, 0.1) is 5.39 Å². The van der Waals surface area contributed by atoms with Crippen LogP contribution in [0.15, 0.2) is 34.2 Å². The van der Waals surface area contributed by atoms with Crippen LogP contribution in [0.3, 0.4) is 0 Å². The van der Waals surface area contributed by atoms with Crippen LogP contribution in [-0.2, 0) is 11.3 Å². The fourth-order valence-corrected chi connectivity index (χ4v) is 4.53. The molecule has 1 aromatic carbocycles. The molecule has 2 bridgehead atoms. The van der Waals surface area contributed by atoms with Crippen LogP contribution in [0, 0.1) is 16.7 Å². The van der Waals surface area contributed by atoms with Crippen molar-refractivity contribution in [3.63, 3.8) is 0 Å². The first-order valence-electron chi connectivity index (χ1n) is 9.01. The molecule has 2 aliphatic rings. The van der Waals surface area contributed by atoms with Crippen molar-refractivity contribution in [1.29, 1.82) is 0 Å². The average Bonchev–Trinajstić information content (AvgIpc) is 2.96. The minimum atomic E-state index is -0.367. The zero-order valence-electron chi connectivity index (χ0n) is 15.3. The molecule has 2 unspecified atom stereocenters. The van der Waals surface area contributed by atoms with E-state index in [1.807, 2.05) is 0 Å². The standard InChI is InChI=1S/C19H23N5O2/c1-18(2)12-8-9-19(18,3)15(10-12)21-22-16(25)11-24-17(26)13-6-4-5-7-14(13)20-23-24/h4-7,12H,8-11H2,1-3H3,(H,22,25)/b21-15+. The van der Waals surface area contributed by atoms with E-state index in [2.05, 4.69) is 41.6 Å². The Morgan fingerprint density at radius 1 is 1.35 bits per heavy atom. The molecule has 26 heavy (non-hydrogen) atoms. The number of amides is 1. The molecule has 0 spiro atoms. The maximum absolute atomic E-state index is 12.4. The van der Waals surface area contributed by atoms with E-state index in [0.717, 1.165) is 23.2 Å². The van der Waals surface area contributed by atoms with Crippen LogP contribution in [0.1, 0.15) is 40.0 Å². The quantitative estimate of drug-likeness (QED) is 0.856. The maximum atomic E-state index is 12.4. The van der Waals surface area contributed by atoms with Crippen LogP contribution in [0.4, 0.5) is 0 Å². The van der Waals surface area contributed by atoms with Gasteiger partial charge in [-0.1, -0.05) is 38.1 Å². The topological polar surface area (TPSA) is 89.2 Å². The van der Waals surface area contributed by atoms with Gasteiger partial charge >= 0.3 is 0 Å². The first-order chi connectivity index (χ1) is 12.3. The van der Waals surface area contributed by atoms with Gasteiger partial charge in [0.2, 0.25) is 0 Å². The molecule has 1 aromatic heterocycles. The zero-order chi connectivity index (χ0) is 18.5. The summed E-state index contributed by atoms with van der Waals surface area (Å²) in [6, 6.07) is 6.96. The van der Waals surface area contributed by atoms with Gasteiger partial charge in [0.15, 0.2) is 0 Å². The Bertz CT molecular complexity index is 977. The minimum absolute atomic E-state index is 0.0323. The van der Waals surface area contributed by atoms with Crippen molar-refractivity contribution >= 4 is 22.5 Å². The molecule has 2 aliphatic carbocycles. The van der Waals surface area contributed by atoms with E-state index < -0.39 is 0 Å². The van der Waals surface area contributed by atoms with Crippen LogP contribution in [0.5, 0.6) is 0 Å². The molecule has 0 radical (unpaired) electrons. The van der Waals surface area contributed by atoms with Gasteiger partial charge in [-0.2, -0.15) is 5.10 Å². The summed E-state index contributed by atoms with van der Waals surface area (Å²) < 4.78 is 1.07. The van der Waals surface area contributed by atoms with Crippen molar-refractivity contribution < 1.29 is 4.79 Å². The van der Waals surface area contributed by atoms with Gasteiger partial charge < -0.3 is 0 Å². The number of hydrogen-bond acceptors (Lipinski definition) is 5. The molecule has 4 rings (SSSR count). The highest BCUT2D eigenvalue weighted by molar-refractivity contribution is 5.95. The molecule has 7 heteroatoms. The molecule has 7 nitrogen and oxygen atoms in total. The second kappa shape index (κ2) is 5.72. The van der Waals surface area contributed by atoms with Crippen LogP contribution >= 0.6 is 0 Å². The number of rotatable bonds is 3. The Morgan fingerprint density at radius 2 is 2.12 bits per heavy atom. The third-order valence-electron chi connectivity index (χ3n) is 6.75.